The number of nitrogens with one attached hydrogen (secondary N) is 1. The van der Waals surface area contributed by atoms with Crippen LogP contribution in [0.15, 0.2) is 24.3 Å². The Morgan fingerprint density at radius 3 is 2.68 bits per heavy atom. The van der Waals surface area contributed by atoms with Gasteiger partial charge in [-0.25, -0.2) is 4.79 Å². The largest absolute Gasteiger partial charge is 0.453 e. The van der Waals surface area contributed by atoms with Crippen molar-refractivity contribution in [2.75, 3.05) is 25.9 Å². The zero-order chi connectivity index (χ0) is 13.8. The van der Waals surface area contributed by atoms with Crippen LogP contribution in [0.2, 0.25) is 0 Å². The summed E-state index contributed by atoms with van der Waals surface area (Å²) in [5.74, 6) is -0.0471. The average molecular weight is 263 g/mol. The molecule has 6 heteroatoms. The Hall–Kier alpha value is -2.24. The molecule has 2 amide bonds. The third-order valence-electron chi connectivity index (χ3n) is 3.14. The summed E-state index contributed by atoms with van der Waals surface area (Å²) in [6.07, 6.45) is 0.266. The number of hydrogen-bond donors (Lipinski definition) is 2. The number of nitrogens with zero attached hydrogens (tertiary/aromatic N) is 1. The van der Waals surface area contributed by atoms with Crippen molar-refractivity contribution >= 4 is 17.7 Å². The van der Waals surface area contributed by atoms with Gasteiger partial charge in [0.05, 0.1) is 13.2 Å². The molecule has 6 nitrogen and oxygen atoms in total. The van der Waals surface area contributed by atoms with Gasteiger partial charge in [0.1, 0.15) is 0 Å². The first-order chi connectivity index (χ1) is 9.10. The summed E-state index contributed by atoms with van der Waals surface area (Å²) in [5.41, 5.74) is 6.82. The van der Waals surface area contributed by atoms with Crippen molar-refractivity contribution in [3.8, 4) is 0 Å². The number of methoxy groups -OCH3 is 1. The molecule has 102 valence electrons. The molecule has 1 atom stereocenters. The van der Waals surface area contributed by atoms with Gasteiger partial charge in [-0.3, -0.25) is 4.79 Å². The van der Waals surface area contributed by atoms with Crippen molar-refractivity contribution in [3.63, 3.8) is 0 Å². The average Bonchev–Trinajstić information content (AvgIpc) is 2.87. The molecule has 1 aromatic rings. The molecule has 3 N–H and O–H groups in total. The molecule has 1 unspecified atom stereocenters. The van der Waals surface area contributed by atoms with Crippen molar-refractivity contribution in [1.82, 2.24) is 10.2 Å². The number of carbonyl (C=O) groups excluding carboxylic acids is 2. The van der Waals surface area contributed by atoms with Crippen LogP contribution in [0.3, 0.4) is 0 Å². The Labute approximate surface area is 111 Å². The molecule has 0 spiro atoms. The number of amides is 2. The first-order valence-corrected chi connectivity index (χ1v) is 6.09. The Bertz CT molecular complexity index is 473. The molecule has 1 saturated heterocycles. The zero-order valence-electron chi connectivity index (χ0n) is 10.8. The van der Waals surface area contributed by atoms with Gasteiger partial charge in [0.25, 0.3) is 5.91 Å². The quantitative estimate of drug-likeness (QED) is 0.774. The van der Waals surface area contributed by atoms with Crippen molar-refractivity contribution in [1.29, 1.82) is 0 Å². The highest BCUT2D eigenvalue weighted by molar-refractivity contribution is 5.94. The highest BCUT2D eigenvalue weighted by Crippen LogP contribution is 2.15. The van der Waals surface area contributed by atoms with Crippen molar-refractivity contribution in [2.24, 2.45) is 0 Å². The van der Waals surface area contributed by atoms with Gasteiger partial charge in [0.2, 0.25) is 0 Å². The Balaban J connectivity index is 1.95. The molecular weight excluding hydrogens is 246 g/mol. The number of benzene rings is 1. The van der Waals surface area contributed by atoms with E-state index in [0.717, 1.165) is 6.42 Å². The molecule has 0 radical (unpaired) electrons. The number of likely N-dealkylation sites (tertiary alicyclic amines) is 1. The summed E-state index contributed by atoms with van der Waals surface area (Å²) in [5, 5.41) is 2.70. The van der Waals surface area contributed by atoms with Gasteiger partial charge in [-0.05, 0) is 30.7 Å². The van der Waals surface area contributed by atoms with Gasteiger partial charge in [0.15, 0.2) is 0 Å². The molecule has 1 heterocycles. The molecule has 1 aliphatic rings. The summed E-state index contributed by atoms with van der Waals surface area (Å²) in [6, 6.07) is 6.77. The number of rotatable bonds is 2. The predicted molar refractivity (Wildman–Crippen MR) is 70.7 cm³/mol. The number of carbonyl (C=O) groups is 2. The van der Waals surface area contributed by atoms with E-state index >= 15 is 0 Å². The van der Waals surface area contributed by atoms with E-state index in [-0.39, 0.29) is 11.9 Å². The second kappa shape index (κ2) is 5.60. The highest BCUT2D eigenvalue weighted by Gasteiger charge is 2.28. The zero-order valence-corrected chi connectivity index (χ0v) is 10.8. The number of nitrogen functional groups attached to an aromatic ring is 1. The smallest absolute Gasteiger partial charge is 0.407 e. The van der Waals surface area contributed by atoms with E-state index in [1.165, 1.54) is 7.11 Å². The van der Waals surface area contributed by atoms with Crippen molar-refractivity contribution in [3.05, 3.63) is 29.8 Å². The lowest BCUT2D eigenvalue weighted by Crippen LogP contribution is -2.38. The lowest BCUT2D eigenvalue weighted by atomic mass is 10.2. The molecule has 1 aromatic carbocycles. The van der Waals surface area contributed by atoms with E-state index in [9.17, 15) is 9.59 Å². The van der Waals surface area contributed by atoms with E-state index in [2.05, 4.69) is 10.1 Å². The van der Waals surface area contributed by atoms with Crippen LogP contribution in [0.25, 0.3) is 0 Å². The number of hydrogen-bond acceptors (Lipinski definition) is 4. The number of anilines is 1. The molecule has 0 aliphatic carbocycles. The third-order valence-corrected chi connectivity index (χ3v) is 3.14. The van der Waals surface area contributed by atoms with Crippen LogP contribution in [0, 0.1) is 0 Å². The molecule has 0 bridgehead atoms. The predicted octanol–water partition coefficient (Wildman–Crippen LogP) is 0.839. The minimum atomic E-state index is -0.466. The van der Waals surface area contributed by atoms with E-state index in [1.807, 2.05) is 0 Å². The third kappa shape index (κ3) is 3.15. The second-order valence-electron chi connectivity index (χ2n) is 4.49. The van der Waals surface area contributed by atoms with Gasteiger partial charge < -0.3 is 20.7 Å². The molecule has 19 heavy (non-hydrogen) atoms. The molecule has 0 aromatic heterocycles. The fourth-order valence-corrected chi connectivity index (χ4v) is 2.10. The summed E-state index contributed by atoms with van der Waals surface area (Å²) in [6.45, 7) is 1.12. The lowest BCUT2D eigenvalue weighted by Gasteiger charge is -2.17. The SMILES string of the molecule is COC(=O)NC1CCN(C(=O)c2ccc(N)cc2)C1. The van der Waals surface area contributed by atoms with Crippen LogP contribution in [-0.2, 0) is 4.74 Å². The summed E-state index contributed by atoms with van der Waals surface area (Å²) in [4.78, 5) is 25.0. The normalized spacial score (nSPS) is 18.2. The van der Waals surface area contributed by atoms with Crippen LogP contribution in [0.1, 0.15) is 16.8 Å². The Morgan fingerprint density at radius 2 is 2.05 bits per heavy atom. The van der Waals surface area contributed by atoms with Crippen LogP contribution in [-0.4, -0.2) is 43.1 Å². The minimum Gasteiger partial charge on any atom is -0.453 e. The minimum absolute atomic E-state index is 0.0471. The van der Waals surface area contributed by atoms with Crippen LogP contribution in [0.5, 0.6) is 0 Å². The lowest BCUT2D eigenvalue weighted by molar-refractivity contribution is 0.0788. The van der Waals surface area contributed by atoms with Crippen molar-refractivity contribution in [2.45, 2.75) is 12.5 Å². The Morgan fingerprint density at radius 1 is 1.37 bits per heavy atom. The standard InChI is InChI=1S/C13H17N3O3/c1-19-13(18)15-11-6-7-16(8-11)12(17)9-2-4-10(14)5-3-9/h2-5,11H,6-8,14H2,1H3,(H,15,18). The summed E-state index contributed by atoms with van der Waals surface area (Å²) < 4.78 is 4.54. The maximum Gasteiger partial charge on any atom is 0.407 e. The molecule has 0 saturated carbocycles. The summed E-state index contributed by atoms with van der Waals surface area (Å²) >= 11 is 0. The van der Waals surface area contributed by atoms with Crippen molar-refractivity contribution < 1.29 is 14.3 Å². The first-order valence-electron chi connectivity index (χ1n) is 6.09. The highest BCUT2D eigenvalue weighted by atomic mass is 16.5. The molecule has 1 fully saturated rings. The van der Waals surface area contributed by atoms with Gasteiger partial charge >= 0.3 is 6.09 Å². The monoisotopic (exact) mass is 263 g/mol. The molecular formula is C13H17N3O3. The van der Waals surface area contributed by atoms with Crippen LogP contribution in [0.4, 0.5) is 10.5 Å². The number of ether oxygens (including phenoxy) is 1. The first kappa shape index (κ1) is 13.2. The maximum absolute atomic E-state index is 12.2. The Kier molecular flexibility index (Phi) is 3.89. The van der Waals surface area contributed by atoms with Crippen LogP contribution < -0.4 is 11.1 Å². The van der Waals surface area contributed by atoms with E-state index in [4.69, 9.17) is 5.73 Å². The van der Waals surface area contributed by atoms with E-state index < -0.39 is 6.09 Å². The van der Waals surface area contributed by atoms with E-state index in [0.29, 0.717) is 24.3 Å². The fraction of sp³-hybridized carbons (Fsp3) is 0.385. The topological polar surface area (TPSA) is 84.7 Å². The fourth-order valence-electron chi connectivity index (χ4n) is 2.10. The van der Waals surface area contributed by atoms with E-state index in [1.54, 1.807) is 29.2 Å². The summed E-state index contributed by atoms with van der Waals surface area (Å²) in [7, 11) is 1.32. The van der Waals surface area contributed by atoms with Gasteiger partial charge in [-0.1, -0.05) is 0 Å². The number of alkyl carbamates (subject to hydrolysis) is 1. The number of nitrogens with two attached hydrogens (primary N) is 1. The molecule has 2 rings (SSSR count). The van der Waals surface area contributed by atoms with Gasteiger partial charge in [0, 0.05) is 24.3 Å². The second-order valence-corrected chi connectivity index (χ2v) is 4.49. The molecule has 1 aliphatic heterocycles. The van der Waals surface area contributed by atoms with Crippen LogP contribution >= 0.6 is 0 Å². The van der Waals surface area contributed by atoms with Gasteiger partial charge in [-0.15, -0.1) is 0 Å². The van der Waals surface area contributed by atoms with Gasteiger partial charge in [-0.2, -0.15) is 0 Å². The maximum atomic E-state index is 12.2.